The van der Waals surface area contributed by atoms with Crippen molar-refractivity contribution in [2.75, 3.05) is 13.2 Å². The first-order valence-corrected chi connectivity index (χ1v) is 7.42. The van der Waals surface area contributed by atoms with Crippen LogP contribution in [0.3, 0.4) is 0 Å². The van der Waals surface area contributed by atoms with Crippen molar-refractivity contribution in [3.05, 3.63) is 0 Å². The highest BCUT2D eigenvalue weighted by Crippen LogP contribution is 2.33. The summed E-state index contributed by atoms with van der Waals surface area (Å²) in [6.45, 7) is 14.3. The third-order valence-corrected chi connectivity index (χ3v) is 3.38. The van der Waals surface area contributed by atoms with Gasteiger partial charge in [-0.15, -0.1) is 0 Å². The zero-order valence-corrected chi connectivity index (χ0v) is 14.0. The molecule has 1 unspecified atom stereocenters. The summed E-state index contributed by atoms with van der Waals surface area (Å²) in [6.07, 6.45) is 0.0638. The molecule has 0 aliphatic rings. The Morgan fingerprint density at radius 1 is 0.900 bits per heavy atom. The van der Waals surface area contributed by atoms with Gasteiger partial charge in [-0.2, -0.15) is 0 Å². The van der Waals surface area contributed by atoms with Crippen LogP contribution in [0.1, 0.15) is 54.9 Å². The monoisotopic (exact) mass is 286 g/mol. The molecule has 0 radical (unpaired) electrons. The van der Waals surface area contributed by atoms with Crippen molar-refractivity contribution in [2.24, 2.45) is 23.2 Å². The molecule has 0 fully saturated rings. The van der Waals surface area contributed by atoms with Crippen LogP contribution < -0.4 is 0 Å². The first-order chi connectivity index (χ1) is 9.09. The van der Waals surface area contributed by atoms with Gasteiger partial charge < -0.3 is 9.47 Å². The van der Waals surface area contributed by atoms with Crippen LogP contribution in [-0.2, 0) is 19.1 Å². The molecule has 0 aromatic rings. The van der Waals surface area contributed by atoms with E-state index in [4.69, 9.17) is 9.47 Å². The number of carbonyl (C=O) groups excluding carboxylic acids is 2. The lowest BCUT2D eigenvalue weighted by molar-refractivity contribution is -0.166. The van der Waals surface area contributed by atoms with E-state index < -0.39 is 5.41 Å². The number of hydrogen-bond acceptors (Lipinski definition) is 4. The number of hydrogen-bond donors (Lipinski definition) is 0. The van der Waals surface area contributed by atoms with E-state index in [1.807, 2.05) is 41.5 Å². The van der Waals surface area contributed by atoms with Crippen LogP contribution in [0, 0.1) is 23.2 Å². The summed E-state index contributed by atoms with van der Waals surface area (Å²) in [4.78, 5) is 24.1. The molecule has 0 saturated carbocycles. The van der Waals surface area contributed by atoms with Crippen LogP contribution >= 0.6 is 0 Å². The largest absolute Gasteiger partial charge is 0.465 e. The average molecular weight is 286 g/mol. The van der Waals surface area contributed by atoms with Gasteiger partial charge in [0.1, 0.15) is 0 Å². The van der Waals surface area contributed by atoms with Crippen molar-refractivity contribution in [1.29, 1.82) is 0 Å². The van der Waals surface area contributed by atoms with Gasteiger partial charge in [-0.05, 0) is 24.7 Å². The second-order valence-corrected chi connectivity index (χ2v) is 6.82. The molecular weight excluding hydrogens is 256 g/mol. The fourth-order valence-electron chi connectivity index (χ4n) is 1.53. The smallest absolute Gasteiger partial charge is 0.312 e. The molecule has 0 bridgehead atoms. The Bertz CT molecular complexity index is 320. The van der Waals surface area contributed by atoms with Crippen LogP contribution in [-0.4, -0.2) is 25.2 Å². The van der Waals surface area contributed by atoms with Gasteiger partial charge in [0.15, 0.2) is 0 Å². The lowest BCUT2D eigenvalue weighted by Crippen LogP contribution is -2.38. The Balaban J connectivity index is 4.67. The molecular formula is C16H30O4. The van der Waals surface area contributed by atoms with E-state index in [9.17, 15) is 9.59 Å². The van der Waals surface area contributed by atoms with Gasteiger partial charge in [0.2, 0.25) is 0 Å². The van der Waals surface area contributed by atoms with E-state index in [2.05, 4.69) is 0 Å². The van der Waals surface area contributed by atoms with Gasteiger partial charge in [-0.3, -0.25) is 9.59 Å². The second-order valence-electron chi connectivity index (χ2n) is 6.82. The quantitative estimate of drug-likeness (QED) is 0.641. The summed E-state index contributed by atoms with van der Waals surface area (Å²) < 4.78 is 10.5. The third-order valence-electron chi connectivity index (χ3n) is 3.38. The van der Waals surface area contributed by atoms with Crippen molar-refractivity contribution in [3.8, 4) is 0 Å². The highest BCUT2D eigenvalue weighted by Gasteiger charge is 2.41. The van der Waals surface area contributed by atoms with Crippen molar-refractivity contribution in [3.63, 3.8) is 0 Å². The Morgan fingerprint density at radius 3 is 1.75 bits per heavy atom. The zero-order valence-electron chi connectivity index (χ0n) is 14.0. The van der Waals surface area contributed by atoms with Crippen LogP contribution in [0.25, 0.3) is 0 Å². The summed E-state index contributed by atoms with van der Waals surface area (Å²) in [5, 5.41) is 0. The molecule has 0 aliphatic carbocycles. The van der Waals surface area contributed by atoms with Crippen molar-refractivity contribution < 1.29 is 19.1 Å². The van der Waals surface area contributed by atoms with Gasteiger partial charge in [0.25, 0.3) is 0 Å². The zero-order chi connectivity index (χ0) is 15.9. The molecule has 0 aromatic heterocycles. The second kappa shape index (κ2) is 8.28. The average Bonchev–Trinajstić information content (AvgIpc) is 2.32. The summed E-state index contributed by atoms with van der Waals surface area (Å²) in [6, 6.07) is 0. The topological polar surface area (TPSA) is 52.6 Å². The fraction of sp³-hybridized carbons (Fsp3) is 0.875. The SMILES string of the molecule is CC(C)COC(=O)CC(C)(C(=O)OCC(C)C)C(C)C. The van der Waals surface area contributed by atoms with Crippen molar-refractivity contribution in [1.82, 2.24) is 0 Å². The highest BCUT2D eigenvalue weighted by molar-refractivity contribution is 5.83. The van der Waals surface area contributed by atoms with Crippen LogP contribution in [0.4, 0.5) is 0 Å². The number of carbonyl (C=O) groups is 2. The van der Waals surface area contributed by atoms with Crippen molar-refractivity contribution in [2.45, 2.75) is 54.9 Å². The molecule has 118 valence electrons. The van der Waals surface area contributed by atoms with Gasteiger partial charge in [0, 0.05) is 0 Å². The normalized spacial score (nSPS) is 14.5. The molecule has 0 aliphatic heterocycles. The Kier molecular flexibility index (Phi) is 7.84. The predicted octanol–water partition coefficient (Wildman–Crippen LogP) is 3.44. The van der Waals surface area contributed by atoms with Gasteiger partial charge in [-0.1, -0.05) is 41.5 Å². The molecule has 0 heterocycles. The molecule has 0 rings (SSSR count). The molecule has 20 heavy (non-hydrogen) atoms. The molecule has 0 N–H and O–H groups in total. The molecule has 4 nitrogen and oxygen atoms in total. The lowest BCUT2D eigenvalue weighted by atomic mass is 9.76. The fourth-order valence-corrected chi connectivity index (χ4v) is 1.53. The maximum absolute atomic E-state index is 12.3. The predicted molar refractivity (Wildman–Crippen MR) is 79.2 cm³/mol. The summed E-state index contributed by atoms with van der Waals surface area (Å²) >= 11 is 0. The summed E-state index contributed by atoms with van der Waals surface area (Å²) in [7, 11) is 0. The highest BCUT2D eigenvalue weighted by atomic mass is 16.5. The Labute approximate surface area is 123 Å². The van der Waals surface area contributed by atoms with Gasteiger partial charge in [0.05, 0.1) is 25.0 Å². The minimum absolute atomic E-state index is 0.00811. The molecule has 1 atom stereocenters. The molecule has 0 aromatic carbocycles. The molecule has 0 amide bonds. The first-order valence-electron chi connectivity index (χ1n) is 7.42. The van der Waals surface area contributed by atoms with Crippen LogP contribution in [0.2, 0.25) is 0 Å². The Morgan fingerprint density at radius 2 is 1.35 bits per heavy atom. The minimum Gasteiger partial charge on any atom is -0.465 e. The Hall–Kier alpha value is -1.06. The summed E-state index contributed by atoms with van der Waals surface area (Å²) in [5.41, 5.74) is -0.830. The van der Waals surface area contributed by atoms with Crippen LogP contribution in [0.15, 0.2) is 0 Å². The number of ether oxygens (including phenoxy) is 2. The van der Waals surface area contributed by atoms with E-state index in [1.54, 1.807) is 6.92 Å². The first kappa shape index (κ1) is 18.9. The van der Waals surface area contributed by atoms with Gasteiger partial charge >= 0.3 is 11.9 Å². The third kappa shape index (κ3) is 6.40. The van der Waals surface area contributed by atoms with E-state index in [-0.39, 0.29) is 36.1 Å². The van der Waals surface area contributed by atoms with E-state index in [0.29, 0.717) is 13.2 Å². The van der Waals surface area contributed by atoms with Gasteiger partial charge in [-0.25, -0.2) is 0 Å². The maximum Gasteiger partial charge on any atom is 0.312 e. The van der Waals surface area contributed by atoms with E-state index >= 15 is 0 Å². The standard InChI is InChI=1S/C16H30O4/c1-11(2)9-19-14(17)8-16(7,13(5)6)15(18)20-10-12(3)4/h11-13H,8-10H2,1-7H3. The van der Waals surface area contributed by atoms with E-state index in [1.165, 1.54) is 0 Å². The maximum atomic E-state index is 12.3. The number of esters is 2. The molecule has 0 spiro atoms. The van der Waals surface area contributed by atoms with E-state index in [0.717, 1.165) is 0 Å². The number of rotatable bonds is 8. The van der Waals surface area contributed by atoms with Crippen molar-refractivity contribution >= 4 is 11.9 Å². The molecule has 4 heteroatoms. The molecule has 0 saturated heterocycles. The minimum atomic E-state index is -0.830. The van der Waals surface area contributed by atoms with Crippen LogP contribution in [0.5, 0.6) is 0 Å². The summed E-state index contributed by atoms with van der Waals surface area (Å²) in [5.74, 6) is -0.0757. The lowest BCUT2D eigenvalue weighted by Gasteiger charge is -2.30.